The van der Waals surface area contributed by atoms with Gasteiger partial charge < -0.3 is 9.88 Å². The zero-order chi connectivity index (χ0) is 12.2. The summed E-state index contributed by atoms with van der Waals surface area (Å²) < 4.78 is 24.3. The van der Waals surface area contributed by atoms with E-state index < -0.39 is 10.0 Å². The summed E-state index contributed by atoms with van der Waals surface area (Å²) in [5.41, 5.74) is 0.944. The highest BCUT2D eigenvalue weighted by atomic mass is 32.2. The lowest BCUT2D eigenvalue weighted by atomic mass is 10.4. The number of nitrogens with zero attached hydrogens (tertiary/aromatic N) is 1. The summed E-state index contributed by atoms with van der Waals surface area (Å²) >= 11 is 0. The second-order valence-electron chi connectivity index (χ2n) is 3.67. The molecule has 6 heteroatoms. The molecule has 1 heterocycles. The molecule has 0 atom stereocenters. The summed E-state index contributed by atoms with van der Waals surface area (Å²) in [5.74, 6) is 0. The average molecular weight is 245 g/mol. The fraction of sp³-hybridized carbons (Fsp3) is 0.600. The number of nitrogens with one attached hydrogen (secondary N) is 1. The predicted molar refractivity (Wildman–Crippen MR) is 63.5 cm³/mol. The van der Waals surface area contributed by atoms with Crippen LogP contribution in [0.3, 0.4) is 0 Å². The second kappa shape index (κ2) is 5.47. The van der Waals surface area contributed by atoms with Gasteiger partial charge in [0.05, 0.1) is 4.90 Å². The summed E-state index contributed by atoms with van der Waals surface area (Å²) in [6, 6.07) is 1.63. The van der Waals surface area contributed by atoms with Crippen molar-refractivity contribution < 1.29 is 8.42 Å². The Morgan fingerprint density at radius 3 is 2.62 bits per heavy atom. The minimum absolute atomic E-state index is 0.183. The molecule has 0 saturated heterocycles. The molecule has 0 saturated carbocycles. The number of primary sulfonamides is 1. The topological polar surface area (TPSA) is 77.1 Å². The molecule has 1 rings (SSSR count). The van der Waals surface area contributed by atoms with E-state index in [9.17, 15) is 8.42 Å². The molecule has 0 aliphatic carbocycles. The molecule has 1 aromatic rings. The predicted octanol–water partition coefficient (Wildman–Crippen LogP) is 0.655. The van der Waals surface area contributed by atoms with Gasteiger partial charge in [-0.15, -0.1) is 0 Å². The first kappa shape index (κ1) is 13.2. The van der Waals surface area contributed by atoms with E-state index in [1.165, 1.54) is 0 Å². The normalized spacial score (nSPS) is 11.9. The lowest BCUT2D eigenvalue weighted by Gasteiger charge is -2.06. The number of hydrogen-bond acceptors (Lipinski definition) is 3. The smallest absolute Gasteiger partial charge is 0.239 e. The number of nitrogens with two attached hydrogens (primary N) is 1. The van der Waals surface area contributed by atoms with E-state index in [0.29, 0.717) is 6.54 Å². The van der Waals surface area contributed by atoms with Crippen LogP contribution in [0.25, 0.3) is 0 Å². The van der Waals surface area contributed by atoms with Gasteiger partial charge in [-0.2, -0.15) is 0 Å². The largest absolute Gasteiger partial charge is 0.349 e. The van der Waals surface area contributed by atoms with Crippen LogP contribution < -0.4 is 10.5 Å². The van der Waals surface area contributed by atoms with Gasteiger partial charge >= 0.3 is 0 Å². The van der Waals surface area contributed by atoms with Crippen molar-refractivity contribution in [2.24, 2.45) is 5.14 Å². The van der Waals surface area contributed by atoms with Gasteiger partial charge in [-0.25, -0.2) is 13.6 Å². The Balaban J connectivity index is 2.87. The molecular formula is C10H19N3O2S. The second-order valence-corrected chi connectivity index (χ2v) is 5.24. The maximum absolute atomic E-state index is 11.2. The molecule has 0 aliphatic rings. The SMILES string of the molecule is CCCNCc1cc(S(N)(=O)=O)cn1CC. The van der Waals surface area contributed by atoms with Crippen LogP contribution in [-0.2, 0) is 23.1 Å². The van der Waals surface area contributed by atoms with Crippen molar-refractivity contribution in [1.82, 2.24) is 9.88 Å². The van der Waals surface area contributed by atoms with Gasteiger partial charge in [0.15, 0.2) is 0 Å². The summed E-state index contributed by atoms with van der Waals surface area (Å²) in [7, 11) is -3.59. The minimum Gasteiger partial charge on any atom is -0.349 e. The molecule has 92 valence electrons. The standard InChI is InChI=1S/C10H19N3O2S/c1-3-5-12-7-9-6-10(16(11,14)15)8-13(9)4-2/h6,8,12H,3-5,7H2,1-2H3,(H2,11,14,15). The molecule has 1 aromatic heterocycles. The summed E-state index contributed by atoms with van der Waals surface area (Å²) in [6.45, 7) is 6.37. The van der Waals surface area contributed by atoms with Gasteiger partial charge in [0.25, 0.3) is 0 Å². The maximum atomic E-state index is 11.2. The first-order valence-corrected chi connectivity index (χ1v) is 6.96. The zero-order valence-corrected chi connectivity index (χ0v) is 10.5. The van der Waals surface area contributed by atoms with Gasteiger partial charge in [0.1, 0.15) is 0 Å². The number of aromatic nitrogens is 1. The van der Waals surface area contributed by atoms with Gasteiger partial charge in [0.2, 0.25) is 10.0 Å². The van der Waals surface area contributed by atoms with Crippen LogP contribution >= 0.6 is 0 Å². The fourth-order valence-corrected chi connectivity index (χ4v) is 2.09. The van der Waals surface area contributed by atoms with Crippen LogP contribution in [0, 0.1) is 0 Å². The van der Waals surface area contributed by atoms with Crippen molar-refractivity contribution >= 4 is 10.0 Å². The van der Waals surface area contributed by atoms with Crippen molar-refractivity contribution in [3.05, 3.63) is 18.0 Å². The number of aryl methyl sites for hydroxylation is 1. The van der Waals surface area contributed by atoms with E-state index in [-0.39, 0.29) is 4.90 Å². The van der Waals surface area contributed by atoms with Crippen molar-refractivity contribution in [2.45, 2.75) is 38.3 Å². The lowest BCUT2D eigenvalue weighted by molar-refractivity contribution is 0.597. The Morgan fingerprint density at radius 1 is 1.44 bits per heavy atom. The fourth-order valence-electron chi connectivity index (χ4n) is 1.52. The van der Waals surface area contributed by atoms with Crippen molar-refractivity contribution in [2.75, 3.05) is 6.54 Å². The Labute approximate surface area is 96.7 Å². The maximum Gasteiger partial charge on any atom is 0.239 e. The summed E-state index contributed by atoms with van der Waals surface area (Å²) in [6.07, 6.45) is 2.63. The van der Waals surface area contributed by atoms with Crippen LogP contribution in [-0.4, -0.2) is 19.5 Å². The van der Waals surface area contributed by atoms with Crippen molar-refractivity contribution in [3.8, 4) is 0 Å². The molecule has 0 unspecified atom stereocenters. The number of rotatable bonds is 6. The van der Waals surface area contributed by atoms with Gasteiger partial charge in [0, 0.05) is 25.0 Å². The minimum atomic E-state index is -3.59. The summed E-state index contributed by atoms with van der Waals surface area (Å²) in [4.78, 5) is 0.183. The number of sulfonamides is 1. The third-order valence-electron chi connectivity index (χ3n) is 2.36. The molecule has 0 spiro atoms. The van der Waals surface area contributed by atoms with Crippen molar-refractivity contribution in [1.29, 1.82) is 0 Å². The first-order chi connectivity index (χ1) is 7.49. The van der Waals surface area contributed by atoms with Gasteiger partial charge in [-0.3, -0.25) is 0 Å². The van der Waals surface area contributed by atoms with Crippen LogP contribution in [0.2, 0.25) is 0 Å². The van der Waals surface area contributed by atoms with E-state index in [2.05, 4.69) is 12.2 Å². The Morgan fingerprint density at radius 2 is 2.12 bits per heavy atom. The highest BCUT2D eigenvalue weighted by molar-refractivity contribution is 7.89. The molecule has 0 fully saturated rings. The highest BCUT2D eigenvalue weighted by Gasteiger charge is 2.13. The molecule has 0 amide bonds. The quantitative estimate of drug-likeness (QED) is 0.723. The molecular weight excluding hydrogens is 226 g/mol. The van der Waals surface area contributed by atoms with E-state index in [1.807, 2.05) is 11.5 Å². The molecule has 0 aliphatic heterocycles. The Kier molecular flexibility index (Phi) is 4.52. The molecule has 0 bridgehead atoms. The zero-order valence-electron chi connectivity index (χ0n) is 9.73. The van der Waals surface area contributed by atoms with Crippen LogP contribution in [0.1, 0.15) is 26.0 Å². The third-order valence-corrected chi connectivity index (χ3v) is 3.24. The van der Waals surface area contributed by atoms with Crippen LogP contribution in [0.4, 0.5) is 0 Å². The third kappa shape index (κ3) is 3.33. The summed E-state index contributed by atoms with van der Waals surface area (Å²) in [5, 5.41) is 8.32. The van der Waals surface area contributed by atoms with Crippen LogP contribution in [0.15, 0.2) is 17.2 Å². The Bertz CT molecular complexity index is 437. The van der Waals surface area contributed by atoms with E-state index >= 15 is 0 Å². The van der Waals surface area contributed by atoms with Gasteiger partial charge in [-0.05, 0) is 26.0 Å². The van der Waals surface area contributed by atoms with E-state index in [1.54, 1.807) is 12.3 Å². The molecule has 16 heavy (non-hydrogen) atoms. The molecule has 5 nitrogen and oxygen atoms in total. The first-order valence-electron chi connectivity index (χ1n) is 5.41. The van der Waals surface area contributed by atoms with E-state index in [0.717, 1.165) is 25.2 Å². The Hall–Kier alpha value is -0.850. The molecule has 0 aromatic carbocycles. The van der Waals surface area contributed by atoms with E-state index in [4.69, 9.17) is 5.14 Å². The molecule has 0 radical (unpaired) electrons. The number of hydrogen-bond donors (Lipinski definition) is 2. The van der Waals surface area contributed by atoms with Crippen molar-refractivity contribution in [3.63, 3.8) is 0 Å². The monoisotopic (exact) mass is 245 g/mol. The average Bonchev–Trinajstić information content (AvgIpc) is 2.61. The molecule has 3 N–H and O–H groups in total. The van der Waals surface area contributed by atoms with Crippen LogP contribution in [0.5, 0.6) is 0 Å². The lowest BCUT2D eigenvalue weighted by Crippen LogP contribution is -2.16. The van der Waals surface area contributed by atoms with Gasteiger partial charge in [-0.1, -0.05) is 6.92 Å². The highest BCUT2D eigenvalue weighted by Crippen LogP contribution is 2.12.